The van der Waals surface area contributed by atoms with E-state index in [1.807, 2.05) is 6.92 Å². The molecule has 0 aromatic heterocycles. The van der Waals surface area contributed by atoms with E-state index in [1.54, 1.807) is 31.2 Å². The fourth-order valence-electron chi connectivity index (χ4n) is 2.21. The van der Waals surface area contributed by atoms with E-state index in [2.05, 4.69) is 5.32 Å². The van der Waals surface area contributed by atoms with E-state index >= 15 is 0 Å². The van der Waals surface area contributed by atoms with E-state index in [0.717, 1.165) is 5.56 Å². The number of halogens is 1. The fraction of sp³-hybridized carbons (Fsp3) is 0.294. The summed E-state index contributed by atoms with van der Waals surface area (Å²) in [6.07, 6.45) is 0. The normalized spacial score (nSPS) is 13.0. The van der Waals surface area contributed by atoms with Gasteiger partial charge in [0.15, 0.2) is 9.84 Å². The maximum atomic E-state index is 13.2. The molecular weight excluding hydrogens is 317 g/mol. The molecule has 23 heavy (non-hydrogen) atoms. The van der Waals surface area contributed by atoms with Crippen molar-refractivity contribution in [2.24, 2.45) is 0 Å². The summed E-state index contributed by atoms with van der Waals surface area (Å²) in [6.45, 7) is 3.82. The summed E-state index contributed by atoms with van der Waals surface area (Å²) >= 11 is 0. The lowest BCUT2D eigenvalue weighted by Gasteiger charge is -2.15. The summed E-state index contributed by atoms with van der Waals surface area (Å²) in [4.78, 5) is 0.283. The average Bonchev–Trinajstić information content (AvgIpc) is 2.48. The van der Waals surface area contributed by atoms with Crippen LogP contribution in [0.4, 0.5) is 4.39 Å². The molecule has 1 atom stereocenters. The van der Waals surface area contributed by atoms with Crippen molar-refractivity contribution < 1.29 is 17.9 Å². The molecule has 4 nitrogen and oxygen atoms in total. The monoisotopic (exact) mass is 337 g/mol. The quantitative estimate of drug-likeness (QED) is 0.851. The average molecular weight is 337 g/mol. The van der Waals surface area contributed by atoms with Gasteiger partial charge in [0.1, 0.15) is 11.6 Å². The second-order valence-corrected chi connectivity index (χ2v) is 7.68. The molecule has 1 unspecified atom stereocenters. The summed E-state index contributed by atoms with van der Waals surface area (Å²) in [6, 6.07) is 10.0. The van der Waals surface area contributed by atoms with E-state index in [0.29, 0.717) is 5.56 Å². The van der Waals surface area contributed by atoms with E-state index in [4.69, 9.17) is 0 Å². The number of aromatic hydroxyl groups is 1. The lowest BCUT2D eigenvalue weighted by atomic mass is 10.2. The molecule has 2 aromatic rings. The first-order valence-corrected chi connectivity index (χ1v) is 8.93. The van der Waals surface area contributed by atoms with Gasteiger partial charge in [0, 0.05) is 18.2 Å². The fourth-order valence-corrected chi connectivity index (χ4v) is 3.73. The number of phenolic OH excluding ortho intramolecular Hbond substituents is 1. The molecule has 0 aliphatic heterocycles. The Balaban J connectivity index is 2.00. The predicted octanol–water partition coefficient (Wildman–Crippen LogP) is 2.79. The minimum Gasteiger partial charge on any atom is -0.508 e. The first-order chi connectivity index (χ1) is 10.8. The van der Waals surface area contributed by atoms with Gasteiger partial charge in [-0.2, -0.15) is 0 Å². The van der Waals surface area contributed by atoms with Crippen LogP contribution in [0.2, 0.25) is 0 Å². The van der Waals surface area contributed by atoms with Crippen LogP contribution in [0.1, 0.15) is 18.1 Å². The number of phenols is 1. The summed E-state index contributed by atoms with van der Waals surface area (Å²) in [7, 11) is -3.40. The van der Waals surface area contributed by atoms with Gasteiger partial charge in [-0.05, 0) is 44.2 Å². The van der Waals surface area contributed by atoms with Crippen LogP contribution < -0.4 is 5.32 Å². The Morgan fingerprint density at radius 2 is 1.83 bits per heavy atom. The summed E-state index contributed by atoms with van der Waals surface area (Å²) in [5.74, 6) is -0.543. The molecule has 2 aromatic carbocycles. The second-order valence-electron chi connectivity index (χ2n) is 5.65. The van der Waals surface area contributed by atoms with Gasteiger partial charge < -0.3 is 10.4 Å². The maximum Gasteiger partial charge on any atom is 0.179 e. The highest BCUT2D eigenvalue weighted by Crippen LogP contribution is 2.18. The van der Waals surface area contributed by atoms with Gasteiger partial charge in [-0.1, -0.05) is 17.7 Å². The zero-order chi connectivity index (χ0) is 17.0. The number of hydrogen-bond acceptors (Lipinski definition) is 4. The highest BCUT2D eigenvalue weighted by Gasteiger charge is 2.18. The lowest BCUT2D eigenvalue weighted by molar-refractivity contribution is 0.458. The Labute approximate surface area is 135 Å². The van der Waals surface area contributed by atoms with Crippen LogP contribution in [0.5, 0.6) is 5.75 Å². The molecule has 0 amide bonds. The number of hydrogen-bond donors (Lipinski definition) is 2. The van der Waals surface area contributed by atoms with Crippen molar-refractivity contribution in [1.82, 2.24) is 5.32 Å². The minimum atomic E-state index is -3.40. The van der Waals surface area contributed by atoms with Crippen molar-refractivity contribution in [3.8, 4) is 5.75 Å². The molecule has 0 saturated carbocycles. The van der Waals surface area contributed by atoms with Gasteiger partial charge in [-0.15, -0.1) is 0 Å². The number of benzene rings is 2. The topological polar surface area (TPSA) is 66.4 Å². The molecule has 0 aliphatic carbocycles. The van der Waals surface area contributed by atoms with Gasteiger partial charge >= 0.3 is 0 Å². The summed E-state index contributed by atoms with van der Waals surface area (Å²) in [5, 5.41) is 12.7. The number of nitrogens with one attached hydrogen (secondary N) is 1. The van der Waals surface area contributed by atoms with Gasteiger partial charge in [0.05, 0.1) is 10.6 Å². The third kappa shape index (κ3) is 4.77. The van der Waals surface area contributed by atoms with Crippen LogP contribution >= 0.6 is 0 Å². The second kappa shape index (κ2) is 7.10. The van der Waals surface area contributed by atoms with E-state index < -0.39 is 15.7 Å². The van der Waals surface area contributed by atoms with Gasteiger partial charge in [-0.3, -0.25) is 0 Å². The lowest BCUT2D eigenvalue weighted by Crippen LogP contribution is -2.32. The molecule has 2 N–H and O–H groups in total. The summed E-state index contributed by atoms with van der Waals surface area (Å²) in [5.41, 5.74) is 1.39. The molecule has 2 rings (SSSR count). The van der Waals surface area contributed by atoms with Crippen LogP contribution in [0.25, 0.3) is 0 Å². The van der Waals surface area contributed by atoms with Gasteiger partial charge in [0.2, 0.25) is 0 Å². The summed E-state index contributed by atoms with van der Waals surface area (Å²) < 4.78 is 37.8. The van der Waals surface area contributed by atoms with Crippen LogP contribution in [-0.4, -0.2) is 25.3 Å². The predicted molar refractivity (Wildman–Crippen MR) is 87.6 cm³/mol. The van der Waals surface area contributed by atoms with E-state index in [9.17, 15) is 17.9 Å². The molecule has 0 bridgehead atoms. The Morgan fingerprint density at radius 3 is 2.48 bits per heavy atom. The maximum absolute atomic E-state index is 13.2. The first kappa shape index (κ1) is 17.4. The molecule has 0 aliphatic rings. The van der Waals surface area contributed by atoms with Crippen molar-refractivity contribution in [1.29, 1.82) is 0 Å². The van der Waals surface area contributed by atoms with E-state index in [-0.39, 0.29) is 29.0 Å². The number of sulfone groups is 1. The zero-order valence-corrected chi connectivity index (χ0v) is 13.9. The van der Waals surface area contributed by atoms with E-state index in [1.165, 1.54) is 18.2 Å². The van der Waals surface area contributed by atoms with Crippen molar-refractivity contribution >= 4 is 9.84 Å². The van der Waals surface area contributed by atoms with Crippen LogP contribution in [0, 0.1) is 12.7 Å². The van der Waals surface area contributed by atoms with Crippen molar-refractivity contribution in [3.05, 3.63) is 59.4 Å². The molecule has 124 valence electrons. The van der Waals surface area contributed by atoms with Gasteiger partial charge in [0.25, 0.3) is 0 Å². The number of rotatable bonds is 6. The minimum absolute atomic E-state index is 0.0208. The highest BCUT2D eigenvalue weighted by atomic mass is 32.2. The zero-order valence-electron chi connectivity index (χ0n) is 13.1. The molecule has 0 fully saturated rings. The van der Waals surface area contributed by atoms with Crippen molar-refractivity contribution in [3.63, 3.8) is 0 Å². The van der Waals surface area contributed by atoms with Crippen LogP contribution in [-0.2, 0) is 16.4 Å². The highest BCUT2D eigenvalue weighted by molar-refractivity contribution is 7.91. The smallest absolute Gasteiger partial charge is 0.179 e. The standard InChI is InChI=1S/C17H20FNO3S/c1-12-3-6-16(7-4-12)23(21,22)11-13(2)19-10-14-9-15(18)5-8-17(14)20/h3-9,13,19-20H,10-11H2,1-2H3. The van der Waals surface area contributed by atoms with Gasteiger partial charge in [-0.25, -0.2) is 12.8 Å². The SMILES string of the molecule is Cc1ccc(S(=O)(=O)CC(C)NCc2cc(F)ccc2O)cc1. The molecule has 0 spiro atoms. The Bertz CT molecular complexity index is 773. The van der Waals surface area contributed by atoms with Crippen molar-refractivity contribution in [2.75, 3.05) is 5.75 Å². The Kier molecular flexibility index (Phi) is 5.38. The Hall–Kier alpha value is -1.92. The first-order valence-electron chi connectivity index (χ1n) is 7.28. The number of aryl methyl sites for hydroxylation is 1. The molecule has 6 heteroatoms. The van der Waals surface area contributed by atoms with Crippen molar-refractivity contribution in [2.45, 2.75) is 31.3 Å². The van der Waals surface area contributed by atoms with Crippen LogP contribution in [0.15, 0.2) is 47.4 Å². The third-order valence-corrected chi connectivity index (χ3v) is 5.46. The van der Waals surface area contributed by atoms with Crippen LogP contribution in [0.3, 0.4) is 0 Å². The molecular formula is C17H20FNO3S. The largest absolute Gasteiger partial charge is 0.508 e. The molecule has 0 saturated heterocycles. The molecule has 0 radical (unpaired) electrons. The Morgan fingerprint density at radius 1 is 1.17 bits per heavy atom. The molecule has 0 heterocycles. The third-order valence-electron chi connectivity index (χ3n) is 3.53.